The molecule has 0 aromatic carbocycles. The summed E-state index contributed by atoms with van der Waals surface area (Å²) in [6.07, 6.45) is 0. The van der Waals surface area contributed by atoms with Crippen molar-refractivity contribution in [1.29, 1.82) is 0 Å². The maximum atomic E-state index is 10.2. The molecule has 56 valence electrons. The minimum Gasteiger partial charge on any atom is -0.274 e. The van der Waals surface area contributed by atoms with E-state index in [0.29, 0.717) is 0 Å². The van der Waals surface area contributed by atoms with E-state index in [4.69, 9.17) is 0 Å². The van der Waals surface area contributed by atoms with Gasteiger partial charge in [0, 0.05) is 12.1 Å². The molecule has 6 N–H and O–H groups in total. The highest BCUT2D eigenvalue weighted by Crippen LogP contribution is 1.50. The Bertz CT molecular complexity index is 223. The van der Waals surface area contributed by atoms with Gasteiger partial charge in [-0.25, -0.2) is 0 Å². The number of hydrogen-bond acceptors (Lipinski definition) is 4. The van der Waals surface area contributed by atoms with Crippen molar-refractivity contribution in [3.63, 3.8) is 0 Å². The predicted molar refractivity (Wildman–Crippen MR) is 36.1 cm³/mol. The van der Waals surface area contributed by atoms with Crippen LogP contribution >= 0.6 is 0 Å². The maximum Gasteiger partial charge on any atom is 0.262 e. The van der Waals surface area contributed by atoms with Crippen LogP contribution in [0.1, 0.15) is 0 Å². The number of hydrazine groups is 1. The van der Waals surface area contributed by atoms with Gasteiger partial charge >= 0.3 is 0 Å². The Morgan fingerprint density at radius 3 is 1.50 bits per heavy atom. The standard InChI is InChI=1S/C4H4N2O2.H4N2/c7-3-1-2-4(8)6-5-3;1-2/h1-2H,(H,5,7)(H,6,8);1-2H2. The van der Waals surface area contributed by atoms with E-state index in [-0.39, 0.29) is 11.1 Å². The number of aromatic nitrogens is 2. The lowest BCUT2D eigenvalue weighted by Crippen LogP contribution is -2.14. The summed E-state index contributed by atoms with van der Waals surface area (Å²) in [7, 11) is 0. The van der Waals surface area contributed by atoms with Crippen molar-refractivity contribution in [3.05, 3.63) is 32.8 Å². The van der Waals surface area contributed by atoms with E-state index in [0.717, 1.165) is 0 Å². The molecule has 0 atom stereocenters. The first-order valence-electron chi connectivity index (χ1n) is 2.40. The van der Waals surface area contributed by atoms with Gasteiger partial charge in [-0.05, 0) is 0 Å². The number of nitrogens with one attached hydrogen (secondary N) is 2. The average Bonchev–Trinajstić information content (AvgIpc) is 2.00. The van der Waals surface area contributed by atoms with Crippen molar-refractivity contribution in [3.8, 4) is 0 Å². The van der Waals surface area contributed by atoms with E-state index in [1.807, 2.05) is 0 Å². The Kier molecular flexibility index (Phi) is 3.85. The highest BCUT2D eigenvalue weighted by atomic mass is 16.1. The van der Waals surface area contributed by atoms with Crippen LogP contribution < -0.4 is 22.8 Å². The van der Waals surface area contributed by atoms with Gasteiger partial charge in [0.25, 0.3) is 11.1 Å². The summed E-state index contributed by atoms with van der Waals surface area (Å²) in [4.78, 5) is 20.4. The number of rotatable bonds is 0. The fourth-order valence-electron chi connectivity index (χ4n) is 0.358. The summed E-state index contributed by atoms with van der Waals surface area (Å²) in [5.74, 6) is 8.00. The Labute approximate surface area is 55.8 Å². The summed E-state index contributed by atoms with van der Waals surface area (Å²) >= 11 is 0. The van der Waals surface area contributed by atoms with E-state index in [2.05, 4.69) is 21.9 Å². The first kappa shape index (κ1) is 8.60. The zero-order valence-corrected chi connectivity index (χ0v) is 5.13. The van der Waals surface area contributed by atoms with Crippen LogP contribution in [0, 0.1) is 0 Å². The zero-order valence-electron chi connectivity index (χ0n) is 5.13. The first-order valence-corrected chi connectivity index (χ1v) is 2.40. The smallest absolute Gasteiger partial charge is 0.262 e. The number of H-pyrrole nitrogens is 2. The molecule has 0 radical (unpaired) electrons. The van der Waals surface area contributed by atoms with Crippen LogP contribution in [0.2, 0.25) is 0 Å². The molecular weight excluding hydrogens is 136 g/mol. The lowest BCUT2D eigenvalue weighted by Gasteiger charge is -1.76. The highest BCUT2D eigenvalue weighted by molar-refractivity contribution is 4.82. The molecule has 6 nitrogen and oxygen atoms in total. The summed E-state index contributed by atoms with van der Waals surface area (Å²) in [6, 6.07) is 2.33. The van der Waals surface area contributed by atoms with Crippen molar-refractivity contribution in [2.24, 2.45) is 11.7 Å². The van der Waals surface area contributed by atoms with Crippen molar-refractivity contribution >= 4 is 0 Å². The van der Waals surface area contributed by atoms with Crippen LogP contribution in [0.4, 0.5) is 0 Å². The molecule has 0 aliphatic heterocycles. The quantitative estimate of drug-likeness (QED) is 0.246. The highest BCUT2D eigenvalue weighted by Gasteiger charge is 1.77. The van der Waals surface area contributed by atoms with Gasteiger partial charge in [0.1, 0.15) is 0 Å². The molecule has 0 saturated heterocycles. The molecule has 0 bridgehead atoms. The van der Waals surface area contributed by atoms with Crippen molar-refractivity contribution < 1.29 is 0 Å². The molecule has 1 aromatic rings. The second-order valence-electron chi connectivity index (χ2n) is 1.31. The fraction of sp³-hybridized carbons (Fsp3) is 0. The Balaban J connectivity index is 0.000000371. The molecule has 0 fully saturated rings. The third kappa shape index (κ3) is 2.80. The van der Waals surface area contributed by atoms with Crippen molar-refractivity contribution in [1.82, 2.24) is 10.2 Å². The molecule has 0 saturated carbocycles. The lowest BCUT2D eigenvalue weighted by molar-refractivity contribution is 0.952. The molecule has 0 spiro atoms. The second kappa shape index (κ2) is 4.48. The molecule has 6 heteroatoms. The van der Waals surface area contributed by atoms with Gasteiger partial charge in [0.05, 0.1) is 0 Å². The molecule has 0 amide bonds. The fourth-order valence-corrected chi connectivity index (χ4v) is 0.358. The minimum absolute atomic E-state index is 0.301. The first-order chi connectivity index (χ1) is 4.79. The van der Waals surface area contributed by atoms with Gasteiger partial charge in [-0.15, -0.1) is 0 Å². The van der Waals surface area contributed by atoms with Crippen LogP contribution in [0.5, 0.6) is 0 Å². The van der Waals surface area contributed by atoms with E-state index < -0.39 is 0 Å². The van der Waals surface area contributed by atoms with Gasteiger partial charge in [-0.2, -0.15) is 0 Å². The van der Waals surface area contributed by atoms with Gasteiger partial charge in [0.2, 0.25) is 0 Å². The molecule has 0 aliphatic carbocycles. The van der Waals surface area contributed by atoms with Crippen LogP contribution in [0.15, 0.2) is 21.7 Å². The predicted octanol–water partition coefficient (Wildman–Crippen LogP) is -2.12. The van der Waals surface area contributed by atoms with Crippen LogP contribution in [-0.4, -0.2) is 10.2 Å². The summed E-state index contributed by atoms with van der Waals surface area (Å²) in [6.45, 7) is 0. The molecule has 0 aliphatic rings. The third-order valence-corrected chi connectivity index (χ3v) is 0.695. The topological polar surface area (TPSA) is 118 Å². The average molecular weight is 144 g/mol. The summed E-state index contributed by atoms with van der Waals surface area (Å²) in [5.41, 5.74) is -0.603. The molecule has 1 rings (SSSR count). The largest absolute Gasteiger partial charge is 0.274 e. The second-order valence-corrected chi connectivity index (χ2v) is 1.31. The van der Waals surface area contributed by atoms with Crippen LogP contribution in [0.25, 0.3) is 0 Å². The van der Waals surface area contributed by atoms with E-state index >= 15 is 0 Å². The number of hydrogen-bond donors (Lipinski definition) is 4. The van der Waals surface area contributed by atoms with E-state index in [9.17, 15) is 9.59 Å². The molecular formula is C4H8N4O2. The molecule has 1 aromatic heterocycles. The third-order valence-electron chi connectivity index (χ3n) is 0.695. The molecule has 1 heterocycles. The summed E-state index contributed by atoms with van der Waals surface area (Å²) < 4.78 is 0. The minimum atomic E-state index is -0.301. The van der Waals surface area contributed by atoms with Gasteiger partial charge in [-0.1, -0.05) is 0 Å². The lowest BCUT2D eigenvalue weighted by atomic mass is 10.6. The van der Waals surface area contributed by atoms with Gasteiger partial charge in [-0.3, -0.25) is 31.5 Å². The normalized spacial score (nSPS) is 7.80. The number of aromatic amines is 2. The molecule has 10 heavy (non-hydrogen) atoms. The monoisotopic (exact) mass is 144 g/mol. The Morgan fingerprint density at radius 1 is 1.00 bits per heavy atom. The Hall–Kier alpha value is -1.40. The maximum absolute atomic E-state index is 10.2. The van der Waals surface area contributed by atoms with Gasteiger partial charge in [0.15, 0.2) is 0 Å². The van der Waals surface area contributed by atoms with E-state index in [1.54, 1.807) is 0 Å². The zero-order chi connectivity index (χ0) is 7.98. The molecule has 0 unspecified atom stereocenters. The van der Waals surface area contributed by atoms with Crippen LogP contribution in [0.3, 0.4) is 0 Å². The SMILES string of the molecule is NN.O=c1ccc(=O)[nH][nH]1. The Morgan fingerprint density at radius 2 is 1.30 bits per heavy atom. The van der Waals surface area contributed by atoms with Crippen molar-refractivity contribution in [2.45, 2.75) is 0 Å². The number of nitrogens with two attached hydrogens (primary N) is 2. The van der Waals surface area contributed by atoms with Crippen LogP contribution in [-0.2, 0) is 0 Å². The summed E-state index contributed by atoms with van der Waals surface area (Å²) in [5, 5.41) is 4.21. The van der Waals surface area contributed by atoms with Crippen molar-refractivity contribution in [2.75, 3.05) is 0 Å². The van der Waals surface area contributed by atoms with E-state index in [1.165, 1.54) is 12.1 Å². The van der Waals surface area contributed by atoms with Gasteiger partial charge < -0.3 is 0 Å².